The van der Waals surface area contributed by atoms with Gasteiger partial charge in [-0.05, 0) is 50.1 Å². The Kier molecular flexibility index (Phi) is 4.04. The predicted molar refractivity (Wildman–Crippen MR) is 94.0 cm³/mol. The second kappa shape index (κ2) is 6.16. The Labute approximate surface area is 139 Å². The minimum atomic E-state index is -0.715. The van der Waals surface area contributed by atoms with Crippen LogP contribution in [0, 0.1) is 20.8 Å². The molecule has 0 saturated carbocycles. The first-order valence-corrected chi connectivity index (χ1v) is 7.57. The van der Waals surface area contributed by atoms with E-state index in [-0.39, 0.29) is 0 Å². The monoisotopic (exact) mass is 322 g/mol. The van der Waals surface area contributed by atoms with Gasteiger partial charge in [-0.3, -0.25) is 9.59 Å². The second-order valence-electron chi connectivity index (χ2n) is 5.82. The van der Waals surface area contributed by atoms with Gasteiger partial charge in [0.1, 0.15) is 0 Å². The Morgan fingerprint density at radius 2 is 1.62 bits per heavy atom. The number of nitrogens with zero attached hydrogens (tertiary/aromatic N) is 1. The van der Waals surface area contributed by atoms with Gasteiger partial charge in [0, 0.05) is 11.4 Å². The quantitative estimate of drug-likeness (QED) is 0.634. The fourth-order valence-corrected chi connectivity index (χ4v) is 2.75. The molecule has 24 heavy (non-hydrogen) atoms. The summed E-state index contributed by atoms with van der Waals surface area (Å²) in [7, 11) is 0. The van der Waals surface area contributed by atoms with E-state index in [1.807, 2.05) is 32.9 Å². The van der Waals surface area contributed by atoms with Crippen molar-refractivity contribution >= 4 is 34.2 Å². The lowest BCUT2D eigenvalue weighted by Gasteiger charge is -2.12. The normalized spacial score (nSPS) is 10.6. The molecule has 2 aromatic carbocycles. The molecule has 1 heterocycles. The summed E-state index contributed by atoms with van der Waals surface area (Å²) in [6.45, 7) is 5.79. The zero-order chi connectivity index (χ0) is 17.3. The van der Waals surface area contributed by atoms with E-state index >= 15 is 0 Å². The smallest absolute Gasteiger partial charge is 0.314 e. The average molecular weight is 322 g/mol. The van der Waals surface area contributed by atoms with E-state index in [4.69, 9.17) is 0 Å². The van der Waals surface area contributed by atoms with Gasteiger partial charge in [-0.2, -0.15) is 0 Å². The molecule has 2 amide bonds. The number of fused-ring (bicyclic) bond motifs is 1. The molecule has 0 fully saturated rings. The van der Waals surface area contributed by atoms with E-state index in [0.29, 0.717) is 11.4 Å². The highest BCUT2D eigenvalue weighted by atomic mass is 16.2. The SMILES string of the molecule is Cc1cc(C)c(NC(=O)C(=O)Nc2ccc3nc[nH]c3c2)c(C)c1. The molecule has 0 radical (unpaired) electrons. The molecule has 6 nitrogen and oxygen atoms in total. The van der Waals surface area contributed by atoms with Crippen LogP contribution in [0.4, 0.5) is 11.4 Å². The molecule has 0 aliphatic rings. The Morgan fingerprint density at radius 3 is 2.33 bits per heavy atom. The summed E-state index contributed by atoms with van der Waals surface area (Å²) in [6, 6.07) is 9.14. The molecular weight excluding hydrogens is 304 g/mol. The van der Waals surface area contributed by atoms with Crippen LogP contribution in [0.2, 0.25) is 0 Å². The number of nitrogens with one attached hydrogen (secondary N) is 3. The maximum Gasteiger partial charge on any atom is 0.314 e. The van der Waals surface area contributed by atoms with Gasteiger partial charge in [0.05, 0.1) is 17.4 Å². The molecule has 3 N–H and O–H groups in total. The highest BCUT2D eigenvalue weighted by Gasteiger charge is 2.16. The molecule has 3 aromatic rings. The number of carbonyl (C=O) groups is 2. The number of imidazole rings is 1. The average Bonchev–Trinajstić information content (AvgIpc) is 2.98. The molecule has 0 atom stereocenters. The molecule has 0 spiro atoms. The highest BCUT2D eigenvalue weighted by Crippen LogP contribution is 2.22. The van der Waals surface area contributed by atoms with Crippen molar-refractivity contribution in [1.29, 1.82) is 0 Å². The second-order valence-corrected chi connectivity index (χ2v) is 5.82. The lowest BCUT2D eigenvalue weighted by molar-refractivity contribution is -0.133. The molecule has 0 aliphatic carbocycles. The number of anilines is 2. The molecule has 0 bridgehead atoms. The van der Waals surface area contributed by atoms with Gasteiger partial charge in [0.2, 0.25) is 0 Å². The molecule has 1 aromatic heterocycles. The van der Waals surface area contributed by atoms with Gasteiger partial charge in [0.25, 0.3) is 0 Å². The fraction of sp³-hybridized carbons (Fsp3) is 0.167. The maximum atomic E-state index is 12.2. The number of rotatable bonds is 2. The van der Waals surface area contributed by atoms with E-state index in [0.717, 1.165) is 27.7 Å². The van der Waals surface area contributed by atoms with E-state index in [2.05, 4.69) is 20.6 Å². The zero-order valence-electron chi connectivity index (χ0n) is 13.7. The van der Waals surface area contributed by atoms with Crippen LogP contribution < -0.4 is 10.6 Å². The Hall–Kier alpha value is -3.15. The Bertz CT molecular complexity index is 920. The molecule has 0 saturated heterocycles. The van der Waals surface area contributed by atoms with Crippen LogP contribution in [0.1, 0.15) is 16.7 Å². The first kappa shape index (κ1) is 15.7. The summed E-state index contributed by atoms with van der Waals surface area (Å²) in [5.74, 6) is -1.41. The lowest BCUT2D eigenvalue weighted by Crippen LogP contribution is -2.29. The molecule has 0 aliphatic heterocycles. The Morgan fingerprint density at radius 1 is 0.958 bits per heavy atom. The van der Waals surface area contributed by atoms with Crippen molar-refractivity contribution in [3.8, 4) is 0 Å². The van der Waals surface area contributed by atoms with Crippen LogP contribution in [-0.4, -0.2) is 21.8 Å². The van der Waals surface area contributed by atoms with Crippen molar-refractivity contribution in [2.75, 3.05) is 10.6 Å². The van der Waals surface area contributed by atoms with Crippen LogP contribution in [-0.2, 0) is 9.59 Å². The van der Waals surface area contributed by atoms with Crippen LogP contribution in [0.15, 0.2) is 36.7 Å². The van der Waals surface area contributed by atoms with Crippen LogP contribution in [0.3, 0.4) is 0 Å². The number of benzene rings is 2. The first-order chi connectivity index (χ1) is 11.4. The third-order valence-corrected chi connectivity index (χ3v) is 3.80. The van der Waals surface area contributed by atoms with E-state index in [1.54, 1.807) is 24.5 Å². The minimum absolute atomic E-state index is 0.532. The minimum Gasteiger partial charge on any atom is -0.345 e. The molecule has 0 unspecified atom stereocenters. The third kappa shape index (κ3) is 3.12. The number of H-pyrrole nitrogens is 1. The number of hydrogen-bond acceptors (Lipinski definition) is 3. The predicted octanol–water partition coefficient (Wildman–Crippen LogP) is 3.07. The van der Waals surface area contributed by atoms with Crippen LogP contribution in [0.25, 0.3) is 11.0 Å². The summed E-state index contributed by atoms with van der Waals surface area (Å²) in [5.41, 5.74) is 5.75. The number of aryl methyl sites for hydroxylation is 3. The van der Waals surface area contributed by atoms with Crippen LogP contribution in [0.5, 0.6) is 0 Å². The molecule has 3 rings (SSSR count). The van der Waals surface area contributed by atoms with Crippen molar-refractivity contribution in [2.24, 2.45) is 0 Å². The summed E-state index contributed by atoms with van der Waals surface area (Å²) in [6.07, 6.45) is 1.58. The topological polar surface area (TPSA) is 86.9 Å². The summed E-state index contributed by atoms with van der Waals surface area (Å²) in [4.78, 5) is 31.4. The number of aromatic nitrogens is 2. The summed E-state index contributed by atoms with van der Waals surface area (Å²) >= 11 is 0. The summed E-state index contributed by atoms with van der Waals surface area (Å²) in [5, 5.41) is 5.28. The Balaban J connectivity index is 1.74. The standard InChI is InChI=1S/C18H18N4O2/c1-10-6-11(2)16(12(3)7-10)22-18(24)17(23)21-13-4-5-14-15(8-13)20-9-19-14/h4-9H,1-3H3,(H,19,20)(H,21,23)(H,22,24). The maximum absolute atomic E-state index is 12.2. The third-order valence-electron chi connectivity index (χ3n) is 3.80. The van der Waals surface area contributed by atoms with E-state index < -0.39 is 11.8 Å². The van der Waals surface area contributed by atoms with Crippen molar-refractivity contribution in [2.45, 2.75) is 20.8 Å². The van der Waals surface area contributed by atoms with E-state index in [1.165, 1.54) is 0 Å². The van der Waals surface area contributed by atoms with E-state index in [9.17, 15) is 9.59 Å². The van der Waals surface area contributed by atoms with Gasteiger partial charge in [-0.25, -0.2) is 4.98 Å². The van der Waals surface area contributed by atoms with Gasteiger partial charge in [-0.1, -0.05) is 17.7 Å². The van der Waals surface area contributed by atoms with Crippen molar-refractivity contribution < 1.29 is 9.59 Å². The highest BCUT2D eigenvalue weighted by molar-refractivity contribution is 6.43. The van der Waals surface area contributed by atoms with Gasteiger partial charge in [-0.15, -0.1) is 0 Å². The van der Waals surface area contributed by atoms with Gasteiger partial charge >= 0.3 is 11.8 Å². The van der Waals surface area contributed by atoms with Gasteiger partial charge < -0.3 is 15.6 Å². The molecule has 6 heteroatoms. The largest absolute Gasteiger partial charge is 0.345 e. The molecular formula is C18H18N4O2. The van der Waals surface area contributed by atoms with Gasteiger partial charge in [0.15, 0.2) is 0 Å². The van der Waals surface area contributed by atoms with Crippen LogP contribution >= 0.6 is 0 Å². The first-order valence-electron chi connectivity index (χ1n) is 7.57. The molecule has 122 valence electrons. The number of carbonyl (C=O) groups excluding carboxylic acids is 2. The van der Waals surface area contributed by atoms with Crippen molar-refractivity contribution in [1.82, 2.24) is 9.97 Å². The van der Waals surface area contributed by atoms with Crippen molar-refractivity contribution in [3.63, 3.8) is 0 Å². The number of aromatic amines is 1. The number of amides is 2. The number of hydrogen-bond donors (Lipinski definition) is 3. The lowest BCUT2D eigenvalue weighted by atomic mass is 10.1. The zero-order valence-corrected chi connectivity index (χ0v) is 13.7. The summed E-state index contributed by atoms with van der Waals surface area (Å²) < 4.78 is 0. The fourth-order valence-electron chi connectivity index (χ4n) is 2.75. The van der Waals surface area contributed by atoms with Crippen molar-refractivity contribution in [3.05, 3.63) is 53.3 Å².